The molecule has 2 aromatic rings. The van der Waals surface area contributed by atoms with E-state index in [-0.39, 0.29) is 49.8 Å². The van der Waals surface area contributed by atoms with E-state index in [0.717, 1.165) is 0 Å². The third-order valence-corrected chi connectivity index (χ3v) is 9.76. The van der Waals surface area contributed by atoms with Gasteiger partial charge in [0.25, 0.3) is 0 Å². The fourth-order valence-corrected chi connectivity index (χ4v) is 7.09. The minimum atomic E-state index is -0.859. The molecule has 0 radical (unpaired) electrons. The van der Waals surface area contributed by atoms with E-state index in [0.29, 0.717) is 59.8 Å². The molecule has 0 aliphatic carbocycles. The monoisotopic (exact) mass is 866 g/mol. The predicted octanol–water partition coefficient (Wildman–Crippen LogP) is 6.37. The number of benzene rings is 2. The number of aliphatic hydroxyl groups is 1. The molecule has 2 fully saturated rings. The van der Waals surface area contributed by atoms with Crippen molar-refractivity contribution in [2.24, 2.45) is 0 Å². The lowest BCUT2D eigenvalue weighted by Crippen LogP contribution is -2.34. The van der Waals surface area contributed by atoms with E-state index in [1.807, 2.05) is 26.0 Å². The van der Waals surface area contributed by atoms with Crippen molar-refractivity contribution >= 4 is 29.9 Å². The average Bonchev–Trinajstić information content (AvgIpc) is 3.73. The van der Waals surface area contributed by atoms with Crippen molar-refractivity contribution in [1.29, 1.82) is 0 Å². The van der Waals surface area contributed by atoms with Gasteiger partial charge in [-0.15, -0.1) is 0 Å². The van der Waals surface area contributed by atoms with Crippen molar-refractivity contribution in [2.75, 3.05) is 55.2 Å². The number of hydrogen-bond donors (Lipinski definition) is 1. The van der Waals surface area contributed by atoms with Crippen LogP contribution in [0.3, 0.4) is 0 Å². The lowest BCUT2D eigenvalue weighted by atomic mass is 10.0. The molecule has 338 valence electrons. The zero-order valence-electron chi connectivity index (χ0n) is 36.5. The van der Waals surface area contributed by atoms with Gasteiger partial charge in [-0.2, -0.15) is 0 Å². The van der Waals surface area contributed by atoms with Gasteiger partial charge in [-0.1, -0.05) is 42.5 Å². The van der Waals surface area contributed by atoms with Crippen LogP contribution in [0.2, 0.25) is 0 Å². The number of ketones is 1. The predicted molar refractivity (Wildman–Crippen MR) is 225 cm³/mol. The molecule has 2 saturated heterocycles. The van der Waals surface area contributed by atoms with E-state index in [9.17, 15) is 19.5 Å². The van der Waals surface area contributed by atoms with Crippen molar-refractivity contribution in [3.05, 3.63) is 83.0 Å². The Morgan fingerprint density at radius 1 is 0.629 bits per heavy atom. The van der Waals surface area contributed by atoms with Gasteiger partial charge >= 0.3 is 11.9 Å². The average molecular weight is 867 g/mol. The van der Waals surface area contributed by atoms with Crippen LogP contribution in [0.1, 0.15) is 85.2 Å². The number of methoxy groups -OCH3 is 4. The van der Waals surface area contributed by atoms with Crippen LogP contribution < -0.4 is 18.9 Å². The summed E-state index contributed by atoms with van der Waals surface area (Å²) in [6.45, 7) is 7.39. The van der Waals surface area contributed by atoms with E-state index < -0.39 is 47.9 Å². The Hall–Kier alpha value is -5.07. The highest BCUT2D eigenvalue weighted by Crippen LogP contribution is 2.36. The molecule has 4 aliphatic rings. The van der Waals surface area contributed by atoms with E-state index in [1.165, 1.54) is 34.5 Å². The summed E-state index contributed by atoms with van der Waals surface area (Å²) in [5.41, 5.74) is 1.70. The second-order valence-corrected chi connectivity index (χ2v) is 15.4. The normalized spacial score (nSPS) is 26.7. The number of rotatable bonds is 8. The summed E-state index contributed by atoms with van der Waals surface area (Å²) >= 11 is 0. The Bertz CT molecular complexity index is 1980. The number of cyclic esters (lactones) is 2. The van der Waals surface area contributed by atoms with Gasteiger partial charge in [0.1, 0.15) is 52.4 Å². The maximum absolute atomic E-state index is 12.9. The van der Waals surface area contributed by atoms with Crippen molar-refractivity contribution < 1.29 is 76.3 Å². The summed E-state index contributed by atoms with van der Waals surface area (Å²) in [4.78, 5) is 38.3. The third kappa shape index (κ3) is 13.0. The molecular formula is C46H58O16. The quantitative estimate of drug-likeness (QED) is 0.176. The van der Waals surface area contributed by atoms with Gasteiger partial charge in [0.2, 0.25) is 0 Å². The van der Waals surface area contributed by atoms with Crippen LogP contribution in [0.4, 0.5) is 0 Å². The molecule has 6 rings (SSSR count). The number of carbonyl (C=O) groups excluding carboxylic acids is 3. The number of fused-ring (bicyclic) bond motifs is 4. The maximum atomic E-state index is 12.9. The van der Waals surface area contributed by atoms with Gasteiger partial charge in [-0.25, -0.2) is 9.59 Å². The van der Waals surface area contributed by atoms with Crippen molar-refractivity contribution in [3.8, 4) is 23.0 Å². The Balaban J connectivity index is 0.000000234. The third-order valence-electron chi connectivity index (χ3n) is 9.76. The first-order chi connectivity index (χ1) is 29.7. The lowest BCUT2D eigenvalue weighted by molar-refractivity contribution is -0.152. The SMILES string of the molecule is COCOc1cc(OC)cc2c1C(=O)OCC/C=C\C(=O)C1OC(C)(C)O[C@H]1C/C=C/2.COCOc1cc(OC)cc2c1C(=O)OCC/C=C\C(O)C1OC(C)(C)O[C@H]1C/C=C/2. The van der Waals surface area contributed by atoms with Gasteiger partial charge < -0.3 is 61.9 Å². The Morgan fingerprint density at radius 3 is 1.66 bits per heavy atom. The highest BCUT2D eigenvalue weighted by molar-refractivity contribution is 5.98. The van der Waals surface area contributed by atoms with Crippen LogP contribution in [0, 0.1) is 0 Å². The molecule has 0 bridgehead atoms. The van der Waals surface area contributed by atoms with Crippen LogP contribution in [-0.2, 0) is 42.7 Å². The van der Waals surface area contributed by atoms with E-state index in [2.05, 4.69) is 0 Å². The van der Waals surface area contributed by atoms with E-state index in [4.69, 9.17) is 56.8 Å². The highest BCUT2D eigenvalue weighted by Gasteiger charge is 2.44. The van der Waals surface area contributed by atoms with Gasteiger partial charge in [-0.3, -0.25) is 4.79 Å². The van der Waals surface area contributed by atoms with Crippen LogP contribution in [0.25, 0.3) is 12.2 Å². The molecule has 0 spiro atoms. The molecule has 5 atom stereocenters. The molecule has 0 saturated carbocycles. The molecule has 16 nitrogen and oxygen atoms in total. The summed E-state index contributed by atoms with van der Waals surface area (Å²) < 4.78 is 66.4. The summed E-state index contributed by atoms with van der Waals surface area (Å²) in [7, 11) is 6.06. The topological polar surface area (TPSA) is 182 Å². The Kier molecular flexibility index (Phi) is 17.3. The molecule has 62 heavy (non-hydrogen) atoms. The first kappa shape index (κ1) is 48.0. The standard InChI is InChI=1S/C23H30O8.C23H28O8/c2*1-23(2)30-18-10-7-8-15-12-16(27-4)13-19(29-14-26-3)20(15)22(25)28-11-6-5-9-17(24)21(18)31-23/h5,7-9,12-13,17-18,21,24H,6,10-11,14H2,1-4H3;5,7-9,12-13,18,21H,6,10-11,14H2,1-4H3/b2*8-7+,9-5-/t17?,18-,21?;18-,21?/m00/s1. The number of hydrogen-bond acceptors (Lipinski definition) is 16. The highest BCUT2D eigenvalue weighted by atomic mass is 16.8. The van der Waals surface area contributed by atoms with Gasteiger partial charge in [0.05, 0.1) is 39.6 Å². The van der Waals surface area contributed by atoms with Gasteiger partial charge in [-0.05, 0) is 82.7 Å². The summed E-state index contributed by atoms with van der Waals surface area (Å²) in [5.74, 6) is -1.24. The fraction of sp³-hybridized carbons (Fsp3) is 0.500. The zero-order chi connectivity index (χ0) is 44.9. The van der Waals surface area contributed by atoms with Crippen molar-refractivity contribution in [2.45, 2.75) is 95.5 Å². The molecule has 16 heteroatoms. The number of aliphatic hydroxyl groups excluding tert-OH is 1. The maximum Gasteiger partial charge on any atom is 0.342 e. The van der Waals surface area contributed by atoms with Gasteiger partial charge in [0.15, 0.2) is 30.9 Å². The second-order valence-electron chi connectivity index (χ2n) is 15.4. The Labute approximate surface area is 362 Å². The molecular weight excluding hydrogens is 808 g/mol. The van der Waals surface area contributed by atoms with Crippen molar-refractivity contribution in [3.63, 3.8) is 0 Å². The molecule has 0 aromatic heterocycles. The van der Waals surface area contributed by atoms with E-state index >= 15 is 0 Å². The van der Waals surface area contributed by atoms with Crippen LogP contribution in [0.5, 0.6) is 23.0 Å². The molecule has 1 N–H and O–H groups in total. The summed E-state index contributed by atoms with van der Waals surface area (Å²) in [5, 5.41) is 10.5. The molecule has 0 amide bonds. The molecule has 4 aliphatic heterocycles. The first-order valence-corrected chi connectivity index (χ1v) is 20.3. The summed E-state index contributed by atoms with van der Waals surface area (Å²) in [6, 6.07) is 6.69. The van der Waals surface area contributed by atoms with Gasteiger partial charge in [0, 0.05) is 26.4 Å². The van der Waals surface area contributed by atoms with Crippen LogP contribution in [-0.4, -0.2) is 120 Å². The number of esters is 2. The smallest absolute Gasteiger partial charge is 0.342 e. The van der Waals surface area contributed by atoms with Crippen LogP contribution >= 0.6 is 0 Å². The zero-order valence-corrected chi connectivity index (χ0v) is 36.5. The van der Waals surface area contributed by atoms with Crippen LogP contribution in [0.15, 0.2) is 60.7 Å². The minimum Gasteiger partial charge on any atom is -0.497 e. The van der Waals surface area contributed by atoms with E-state index in [1.54, 1.807) is 68.5 Å². The molecule has 2 aromatic carbocycles. The first-order valence-electron chi connectivity index (χ1n) is 20.3. The molecule has 3 unspecified atom stereocenters. The van der Waals surface area contributed by atoms with Crippen molar-refractivity contribution in [1.82, 2.24) is 0 Å². The second kappa shape index (κ2) is 22.3. The minimum absolute atomic E-state index is 0.0265. The molecule has 4 heterocycles. The fourth-order valence-electron chi connectivity index (χ4n) is 7.09. The lowest BCUT2D eigenvalue weighted by Gasteiger charge is -2.20. The number of carbonyl (C=O) groups is 3. The Morgan fingerprint density at radius 2 is 1.13 bits per heavy atom. The summed E-state index contributed by atoms with van der Waals surface area (Å²) in [6.07, 6.45) is 12.7. The number of ether oxygens (including phenoxy) is 12. The largest absolute Gasteiger partial charge is 0.497 e.